The molecule has 2 aromatic rings. The number of thioether (sulfide) groups is 1. The highest BCUT2D eigenvalue weighted by Crippen LogP contribution is 2.36. The zero-order chi connectivity index (χ0) is 21.0. The summed E-state index contributed by atoms with van der Waals surface area (Å²) in [7, 11) is 0. The van der Waals surface area contributed by atoms with E-state index in [9.17, 15) is 22.8 Å². The van der Waals surface area contributed by atoms with Gasteiger partial charge in [-0.1, -0.05) is 23.7 Å². The highest BCUT2D eigenvalue weighted by Gasteiger charge is 2.33. The molecule has 0 aromatic heterocycles. The third kappa shape index (κ3) is 5.45. The van der Waals surface area contributed by atoms with Gasteiger partial charge in [-0.3, -0.25) is 9.59 Å². The Hall–Kier alpha value is -2.19. The van der Waals surface area contributed by atoms with E-state index in [1.54, 1.807) is 29.2 Å². The average molecular weight is 443 g/mol. The van der Waals surface area contributed by atoms with Crippen molar-refractivity contribution in [3.05, 3.63) is 58.6 Å². The van der Waals surface area contributed by atoms with Crippen LogP contribution < -0.4 is 5.32 Å². The first-order chi connectivity index (χ1) is 13.8. The molecule has 4 nitrogen and oxygen atoms in total. The number of carbonyl (C=O) groups excluding carboxylic acids is 2. The fourth-order valence-electron chi connectivity index (χ4n) is 3.00. The molecule has 3 rings (SSSR count). The summed E-state index contributed by atoms with van der Waals surface area (Å²) in [5, 5.41) is 2.04. The van der Waals surface area contributed by atoms with E-state index in [0.29, 0.717) is 4.90 Å². The Bertz CT molecular complexity index is 915. The molecule has 9 heteroatoms. The summed E-state index contributed by atoms with van der Waals surface area (Å²) >= 11 is 6.85. The first kappa shape index (κ1) is 21.5. The Balaban J connectivity index is 1.72. The molecule has 2 amide bonds. The molecule has 0 bridgehead atoms. The third-order valence-electron chi connectivity index (χ3n) is 4.47. The van der Waals surface area contributed by atoms with Gasteiger partial charge in [0.1, 0.15) is 0 Å². The molecular weight excluding hydrogens is 425 g/mol. The molecule has 0 saturated carbocycles. The minimum atomic E-state index is -4.62. The Kier molecular flexibility index (Phi) is 6.74. The van der Waals surface area contributed by atoms with Crippen molar-refractivity contribution >= 4 is 40.9 Å². The van der Waals surface area contributed by atoms with Crippen LogP contribution >= 0.6 is 23.4 Å². The predicted molar refractivity (Wildman–Crippen MR) is 107 cm³/mol. The molecule has 29 heavy (non-hydrogen) atoms. The number of halogens is 4. The SMILES string of the molecule is O=C(Nc1ccc(Cl)c(C(F)(F)F)c1)c1ccccc1SCC(=O)N1CCCC1. The van der Waals surface area contributed by atoms with E-state index in [2.05, 4.69) is 5.32 Å². The van der Waals surface area contributed by atoms with Crippen LogP contribution in [0.3, 0.4) is 0 Å². The lowest BCUT2D eigenvalue weighted by Crippen LogP contribution is -2.29. The van der Waals surface area contributed by atoms with Crippen LogP contribution in [0.15, 0.2) is 47.4 Å². The number of amides is 2. The van der Waals surface area contributed by atoms with Crippen LogP contribution in [0.2, 0.25) is 5.02 Å². The maximum absolute atomic E-state index is 13.0. The summed E-state index contributed by atoms with van der Waals surface area (Å²) in [6.45, 7) is 1.50. The normalized spacial score (nSPS) is 14.1. The summed E-state index contributed by atoms with van der Waals surface area (Å²) in [6.07, 6.45) is -2.63. The smallest absolute Gasteiger partial charge is 0.342 e. The van der Waals surface area contributed by atoms with Gasteiger partial charge in [0.2, 0.25) is 5.91 Å². The summed E-state index contributed by atoms with van der Waals surface area (Å²) < 4.78 is 39.1. The van der Waals surface area contributed by atoms with Gasteiger partial charge in [0, 0.05) is 23.7 Å². The summed E-state index contributed by atoms with van der Waals surface area (Å²) in [5.74, 6) is -0.351. The number of nitrogens with zero attached hydrogens (tertiary/aromatic N) is 1. The molecule has 0 unspecified atom stereocenters. The van der Waals surface area contributed by atoms with Crippen LogP contribution in [0.4, 0.5) is 18.9 Å². The topological polar surface area (TPSA) is 49.4 Å². The summed E-state index contributed by atoms with van der Waals surface area (Å²) in [6, 6.07) is 9.87. The van der Waals surface area contributed by atoms with E-state index < -0.39 is 22.7 Å². The number of rotatable bonds is 5. The van der Waals surface area contributed by atoms with Gasteiger partial charge < -0.3 is 10.2 Å². The van der Waals surface area contributed by atoms with E-state index >= 15 is 0 Å². The predicted octanol–water partition coefficient (Wildman–Crippen LogP) is 5.33. The van der Waals surface area contributed by atoms with Crippen LogP contribution in [0, 0.1) is 0 Å². The standard InChI is InChI=1S/C20H18ClF3N2O2S/c21-16-8-7-13(11-15(16)20(22,23)24)25-19(28)14-5-1-2-6-17(14)29-12-18(27)26-9-3-4-10-26/h1-2,5-8,11H,3-4,9-10,12H2,(H,25,28). The van der Waals surface area contributed by atoms with Gasteiger partial charge in [0.15, 0.2) is 0 Å². The molecule has 154 valence electrons. The molecule has 1 aliphatic rings. The third-order valence-corrected chi connectivity index (χ3v) is 5.86. The van der Waals surface area contributed by atoms with Gasteiger partial charge in [0.25, 0.3) is 5.91 Å². The second kappa shape index (κ2) is 9.09. The molecule has 0 radical (unpaired) electrons. The average Bonchev–Trinajstić information content (AvgIpc) is 3.22. The monoisotopic (exact) mass is 442 g/mol. The molecule has 1 N–H and O–H groups in total. The molecule has 1 aliphatic heterocycles. The maximum Gasteiger partial charge on any atom is 0.417 e. The zero-order valence-electron chi connectivity index (χ0n) is 15.3. The van der Waals surface area contributed by atoms with Crippen molar-refractivity contribution in [1.82, 2.24) is 4.90 Å². The van der Waals surface area contributed by atoms with Gasteiger partial charge in [-0.25, -0.2) is 0 Å². The van der Waals surface area contributed by atoms with E-state index in [1.165, 1.54) is 17.8 Å². The van der Waals surface area contributed by atoms with E-state index in [0.717, 1.165) is 38.1 Å². The highest BCUT2D eigenvalue weighted by atomic mass is 35.5. The van der Waals surface area contributed by atoms with Crippen molar-refractivity contribution in [3.8, 4) is 0 Å². The fraction of sp³-hybridized carbons (Fsp3) is 0.300. The van der Waals surface area contributed by atoms with Crippen molar-refractivity contribution in [2.45, 2.75) is 23.9 Å². The minimum absolute atomic E-state index is 0.00947. The molecular formula is C20H18ClF3N2O2S. The van der Waals surface area contributed by atoms with Gasteiger partial charge in [-0.2, -0.15) is 13.2 Å². The van der Waals surface area contributed by atoms with Crippen molar-refractivity contribution in [3.63, 3.8) is 0 Å². The molecule has 1 saturated heterocycles. The van der Waals surface area contributed by atoms with Crippen molar-refractivity contribution in [2.24, 2.45) is 0 Å². The first-order valence-corrected chi connectivity index (χ1v) is 10.3. The number of nitrogens with one attached hydrogen (secondary N) is 1. The minimum Gasteiger partial charge on any atom is -0.342 e. The van der Waals surface area contributed by atoms with Crippen LogP contribution in [0.5, 0.6) is 0 Å². The summed E-state index contributed by atoms with van der Waals surface area (Å²) in [4.78, 5) is 27.3. The van der Waals surface area contributed by atoms with Gasteiger partial charge in [-0.15, -0.1) is 11.8 Å². The van der Waals surface area contributed by atoms with Crippen LogP contribution in [0.25, 0.3) is 0 Å². The zero-order valence-corrected chi connectivity index (χ0v) is 16.8. The Morgan fingerprint density at radius 3 is 2.48 bits per heavy atom. The molecule has 0 atom stereocenters. The molecule has 2 aromatic carbocycles. The van der Waals surface area contributed by atoms with Gasteiger partial charge >= 0.3 is 6.18 Å². The van der Waals surface area contributed by atoms with Crippen LogP contribution in [0.1, 0.15) is 28.8 Å². The molecule has 0 spiro atoms. The van der Waals surface area contributed by atoms with Gasteiger partial charge in [0.05, 0.1) is 21.9 Å². The van der Waals surface area contributed by atoms with Crippen LogP contribution in [-0.2, 0) is 11.0 Å². The second-order valence-electron chi connectivity index (χ2n) is 6.52. The first-order valence-electron chi connectivity index (χ1n) is 8.93. The maximum atomic E-state index is 13.0. The molecule has 0 aliphatic carbocycles. The lowest BCUT2D eigenvalue weighted by atomic mass is 10.1. The number of carbonyl (C=O) groups is 2. The largest absolute Gasteiger partial charge is 0.417 e. The number of likely N-dealkylation sites (tertiary alicyclic amines) is 1. The van der Waals surface area contributed by atoms with E-state index in [1.807, 2.05) is 0 Å². The number of alkyl halides is 3. The number of anilines is 1. The summed E-state index contributed by atoms with van der Waals surface area (Å²) in [5.41, 5.74) is -0.745. The lowest BCUT2D eigenvalue weighted by molar-refractivity contribution is -0.137. The lowest BCUT2D eigenvalue weighted by Gasteiger charge is -2.16. The highest BCUT2D eigenvalue weighted by molar-refractivity contribution is 8.00. The van der Waals surface area contributed by atoms with Crippen molar-refractivity contribution < 1.29 is 22.8 Å². The van der Waals surface area contributed by atoms with Gasteiger partial charge in [-0.05, 0) is 43.2 Å². The van der Waals surface area contributed by atoms with Crippen molar-refractivity contribution in [1.29, 1.82) is 0 Å². The van der Waals surface area contributed by atoms with E-state index in [-0.39, 0.29) is 22.9 Å². The van der Waals surface area contributed by atoms with E-state index in [4.69, 9.17) is 11.6 Å². The Labute approximate surface area is 175 Å². The molecule has 1 fully saturated rings. The number of benzene rings is 2. The second-order valence-corrected chi connectivity index (χ2v) is 7.94. The number of hydrogen-bond donors (Lipinski definition) is 1. The van der Waals surface area contributed by atoms with Crippen molar-refractivity contribution in [2.75, 3.05) is 24.2 Å². The number of hydrogen-bond acceptors (Lipinski definition) is 3. The molecule has 1 heterocycles. The Morgan fingerprint density at radius 2 is 1.79 bits per heavy atom. The van der Waals surface area contributed by atoms with Crippen LogP contribution in [-0.4, -0.2) is 35.6 Å². The quantitative estimate of drug-likeness (QED) is 0.637. The Morgan fingerprint density at radius 1 is 1.10 bits per heavy atom. The fourth-order valence-corrected chi connectivity index (χ4v) is 4.17.